The predicted octanol–water partition coefficient (Wildman–Crippen LogP) is 4.15. The SMILES string of the molecule is CCSc1nnc(SC(C)C(=O)NC(C)c2ccc(F)cc2)s1. The maximum Gasteiger partial charge on any atom is 0.233 e. The molecule has 8 heteroatoms. The summed E-state index contributed by atoms with van der Waals surface area (Å²) in [6.45, 7) is 5.78. The van der Waals surface area contributed by atoms with Gasteiger partial charge in [-0.25, -0.2) is 4.39 Å². The Morgan fingerprint density at radius 2 is 1.91 bits per heavy atom. The first-order valence-corrected chi connectivity index (χ1v) is 9.86. The van der Waals surface area contributed by atoms with E-state index in [0.717, 1.165) is 20.0 Å². The molecule has 1 aromatic heterocycles. The Balaban J connectivity index is 1.89. The number of halogens is 1. The number of carbonyl (C=O) groups excluding carboxylic acids is 1. The van der Waals surface area contributed by atoms with E-state index in [2.05, 4.69) is 22.4 Å². The molecule has 4 nitrogen and oxygen atoms in total. The zero-order chi connectivity index (χ0) is 16.8. The number of aromatic nitrogens is 2. The Bertz CT molecular complexity index is 648. The van der Waals surface area contributed by atoms with Gasteiger partial charge in [-0.1, -0.05) is 53.9 Å². The van der Waals surface area contributed by atoms with Gasteiger partial charge in [0.05, 0.1) is 11.3 Å². The highest BCUT2D eigenvalue weighted by Crippen LogP contribution is 2.31. The third kappa shape index (κ3) is 5.47. The molecule has 1 amide bonds. The van der Waals surface area contributed by atoms with Crippen LogP contribution in [0.15, 0.2) is 32.9 Å². The Hall–Kier alpha value is -1.12. The van der Waals surface area contributed by atoms with Crippen LogP contribution in [-0.4, -0.2) is 27.1 Å². The normalized spacial score (nSPS) is 13.6. The van der Waals surface area contributed by atoms with Crippen molar-refractivity contribution in [1.29, 1.82) is 0 Å². The molecule has 2 atom stereocenters. The highest BCUT2D eigenvalue weighted by Gasteiger charge is 2.19. The lowest BCUT2D eigenvalue weighted by Gasteiger charge is -2.17. The molecule has 0 saturated carbocycles. The van der Waals surface area contributed by atoms with E-state index in [4.69, 9.17) is 0 Å². The summed E-state index contributed by atoms with van der Waals surface area (Å²) in [5.74, 6) is 0.588. The molecule has 1 heterocycles. The molecule has 23 heavy (non-hydrogen) atoms. The summed E-state index contributed by atoms with van der Waals surface area (Å²) >= 11 is 4.54. The van der Waals surface area contributed by atoms with Crippen molar-refractivity contribution in [1.82, 2.24) is 15.5 Å². The van der Waals surface area contributed by atoms with E-state index in [0.29, 0.717) is 0 Å². The first kappa shape index (κ1) is 18.2. The van der Waals surface area contributed by atoms with Crippen molar-refractivity contribution >= 4 is 40.8 Å². The topological polar surface area (TPSA) is 54.9 Å². The molecular weight excluding hydrogens is 353 g/mol. The zero-order valence-corrected chi connectivity index (χ0v) is 15.5. The van der Waals surface area contributed by atoms with Gasteiger partial charge in [0.2, 0.25) is 5.91 Å². The molecule has 2 aromatic rings. The van der Waals surface area contributed by atoms with Crippen LogP contribution in [0.2, 0.25) is 0 Å². The van der Waals surface area contributed by atoms with Gasteiger partial charge in [-0.05, 0) is 37.3 Å². The highest BCUT2D eigenvalue weighted by atomic mass is 32.2. The van der Waals surface area contributed by atoms with Crippen molar-refractivity contribution in [2.75, 3.05) is 5.75 Å². The summed E-state index contributed by atoms with van der Waals surface area (Å²) in [6, 6.07) is 5.97. The summed E-state index contributed by atoms with van der Waals surface area (Å²) in [5, 5.41) is 10.8. The monoisotopic (exact) mass is 371 g/mol. The number of nitrogens with one attached hydrogen (secondary N) is 1. The second-order valence-electron chi connectivity index (χ2n) is 4.81. The lowest BCUT2D eigenvalue weighted by molar-refractivity contribution is -0.120. The number of nitrogens with zero attached hydrogens (tertiary/aromatic N) is 2. The Labute approximate surface area is 147 Å². The first-order valence-electron chi connectivity index (χ1n) is 7.18. The largest absolute Gasteiger partial charge is 0.349 e. The van der Waals surface area contributed by atoms with Gasteiger partial charge in [-0.15, -0.1) is 10.2 Å². The maximum atomic E-state index is 12.9. The molecule has 0 aliphatic rings. The maximum absolute atomic E-state index is 12.9. The fourth-order valence-electron chi connectivity index (χ4n) is 1.80. The predicted molar refractivity (Wildman–Crippen MR) is 94.6 cm³/mol. The number of thioether (sulfide) groups is 2. The second-order valence-corrected chi connectivity index (χ2v) is 8.89. The third-order valence-electron chi connectivity index (χ3n) is 3.03. The van der Waals surface area contributed by atoms with Crippen LogP contribution in [0.4, 0.5) is 4.39 Å². The summed E-state index contributed by atoms with van der Waals surface area (Å²) in [4.78, 5) is 12.3. The average Bonchev–Trinajstić information content (AvgIpc) is 2.95. The Kier molecular flexibility index (Phi) is 6.86. The lowest BCUT2D eigenvalue weighted by Crippen LogP contribution is -2.33. The van der Waals surface area contributed by atoms with Crippen LogP contribution in [0.1, 0.15) is 32.4 Å². The summed E-state index contributed by atoms with van der Waals surface area (Å²) in [5.41, 5.74) is 0.870. The van der Waals surface area contributed by atoms with Gasteiger partial charge >= 0.3 is 0 Å². The number of amides is 1. The van der Waals surface area contributed by atoms with Crippen molar-refractivity contribution in [3.63, 3.8) is 0 Å². The molecule has 0 radical (unpaired) electrons. The quantitative estimate of drug-likeness (QED) is 0.741. The number of benzene rings is 1. The minimum Gasteiger partial charge on any atom is -0.349 e. The number of rotatable bonds is 7. The third-order valence-corrected chi connectivity index (χ3v) is 6.15. The van der Waals surface area contributed by atoms with E-state index in [9.17, 15) is 9.18 Å². The molecule has 0 saturated heterocycles. The van der Waals surface area contributed by atoms with Crippen molar-refractivity contribution < 1.29 is 9.18 Å². The van der Waals surface area contributed by atoms with Crippen LogP contribution in [0.5, 0.6) is 0 Å². The van der Waals surface area contributed by atoms with Gasteiger partial charge in [-0.2, -0.15) is 0 Å². The minimum absolute atomic E-state index is 0.0771. The van der Waals surface area contributed by atoms with E-state index in [1.807, 2.05) is 13.8 Å². The Morgan fingerprint density at radius 3 is 2.57 bits per heavy atom. The average molecular weight is 372 g/mol. The van der Waals surface area contributed by atoms with Gasteiger partial charge in [0.15, 0.2) is 8.68 Å². The summed E-state index contributed by atoms with van der Waals surface area (Å²) in [7, 11) is 0. The van der Waals surface area contributed by atoms with E-state index in [-0.39, 0.29) is 23.0 Å². The molecule has 2 rings (SSSR count). The van der Waals surface area contributed by atoms with E-state index < -0.39 is 0 Å². The molecule has 2 unspecified atom stereocenters. The van der Waals surface area contributed by atoms with Crippen LogP contribution < -0.4 is 5.32 Å². The fourth-order valence-corrected chi connectivity index (χ4v) is 4.87. The van der Waals surface area contributed by atoms with Gasteiger partial charge in [0.25, 0.3) is 0 Å². The molecule has 0 spiro atoms. The van der Waals surface area contributed by atoms with Crippen LogP contribution in [-0.2, 0) is 4.79 Å². The van der Waals surface area contributed by atoms with Crippen molar-refractivity contribution in [2.24, 2.45) is 0 Å². The van der Waals surface area contributed by atoms with Gasteiger partial charge in [0, 0.05) is 0 Å². The van der Waals surface area contributed by atoms with Crippen LogP contribution in [0.3, 0.4) is 0 Å². The summed E-state index contributed by atoms with van der Waals surface area (Å²) in [6.07, 6.45) is 0. The molecule has 0 fully saturated rings. The lowest BCUT2D eigenvalue weighted by atomic mass is 10.1. The Morgan fingerprint density at radius 1 is 1.26 bits per heavy atom. The molecule has 1 aromatic carbocycles. The van der Waals surface area contributed by atoms with Crippen LogP contribution >= 0.6 is 34.9 Å². The van der Waals surface area contributed by atoms with Gasteiger partial charge in [0.1, 0.15) is 5.82 Å². The molecule has 0 aliphatic heterocycles. The highest BCUT2D eigenvalue weighted by molar-refractivity contribution is 8.03. The van der Waals surface area contributed by atoms with Crippen LogP contribution in [0.25, 0.3) is 0 Å². The first-order chi connectivity index (χ1) is 11.0. The molecule has 1 N–H and O–H groups in total. The minimum atomic E-state index is -0.284. The van der Waals surface area contributed by atoms with E-state index in [1.54, 1.807) is 23.9 Å². The fraction of sp³-hybridized carbons (Fsp3) is 0.400. The van der Waals surface area contributed by atoms with Crippen molar-refractivity contribution in [3.8, 4) is 0 Å². The van der Waals surface area contributed by atoms with Crippen molar-refractivity contribution in [3.05, 3.63) is 35.6 Å². The second kappa shape index (κ2) is 8.65. The number of carbonyl (C=O) groups is 1. The molecular formula is C15H18FN3OS3. The standard InChI is InChI=1S/C15H18FN3OS3/c1-4-21-14-18-19-15(23-14)22-10(3)13(20)17-9(2)11-5-7-12(16)8-6-11/h5-10H,4H2,1-3H3,(H,17,20). The van der Waals surface area contributed by atoms with E-state index in [1.165, 1.54) is 35.2 Å². The molecule has 0 bridgehead atoms. The van der Waals surface area contributed by atoms with Crippen LogP contribution in [0, 0.1) is 5.82 Å². The smallest absolute Gasteiger partial charge is 0.233 e. The van der Waals surface area contributed by atoms with Crippen molar-refractivity contribution in [2.45, 2.75) is 40.7 Å². The van der Waals surface area contributed by atoms with E-state index >= 15 is 0 Å². The summed E-state index contributed by atoms with van der Waals surface area (Å²) < 4.78 is 14.6. The number of hydrogen-bond acceptors (Lipinski definition) is 6. The molecule has 124 valence electrons. The van der Waals surface area contributed by atoms with Gasteiger partial charge < -0.3 is 5.32 Å². The number of hydrogen-bond donors (Lipinski definition) is 1. The van der Waals surface area contributed by atoms with Gasteiger partial charge in [-0.3, -0.25) is 4.79 Å². The molecule has 0 aliphatic carbocycles. The zero-order valence-electron chi connectivity index (χ0n) is 13.1.